The van der Waals surface area contributed by atoms with Crippen LogP contribution in [0.4, 0.5) is 0 Å². The fraction of sp³-hybridized carbons (Fsp3) is 0.312. The Kier molecular flexibility index (Phi) is 3.91. The third kappa shape index (κ3) is 3.33. The van der Waals surface area contributed by atoms with E-state index in [0.717, 1.165) is 24.1 Å². The SMILES string of the molecule is O=C(O)c1ccc(CCNC(=O)c2cc(C3CC3)no2)cc1. The minimum Gasteiger partial charge on any atom is -0.478 e. The molecule has 6 heteroatoms. The molecule has 1 fully saturated rings. The Bertz CT molecular complexity index is 686. The van der Waals surface area contributed by atoms with Gasteiger partial charge in [0.25, 0.3) is 5.91 Å². The molecule has 0 radical (unpaired) electrons. The van der Waals surface area contributed by atoms with Gasteiger partial charge in [-0.05, 0) is 37.0 Å². The number of carbonyl (C=O) groups is 2. The second-order valence-corrected chi connectivity index (χ2v) is 5.40. The zero-order valence-electron chi connectivity index (χ0n) is 11.9. The number of hydrogen-bond donors (Lipinski definition) is 2. The van der Waals surface area contributed by atoms with Crippen molar-refractivity contribution in [3.8, 4) is 0 Å². The molecule has 2 N–H and O–H groups in total. The number of amides is 1. The summed E-state index contributed by atoms with van der Waals surface area (Å²) in [5.74, 6) is -0.528. The normalized spacial score (nSPS) is 13.8. The van der Waals surface area contributed by atoms with Crippen LogP contribution in [0.15, 0.2) is 34.9 Å². The van der Waals surface area contributed by atoms with Crippen LogP contribution in [0.3, 0.4) is 0 Å². The number of carboxylic acids is 1. The molecule has 1 aliphatic rings. The lowest BCUT2D eigenvalue weighted by Gasteiger charge is -2.03. The first-order chi connectivity index (χ1) is 10.6. The molecule has 1 heterocycles. The standard InChI is InChI=1S/C16H16N2O4/c19-15(14-9-13(18-22-14)11-5-6-11)17-8-7-10-1-3-12(4-2-10)16(20)21/h1-4,9,11H,5-8H2,(H,17,19)(H,20,21). The van der Waals surface area contributed by atoms with Crippen LogP contribution in [0.5, 0.6) is 0 Å². The molecule has 1 aromatic heterocycles. The van der Waals surface area contributed by atoms with E-state index in [0.29, 0.717) is 18.9 Å². The van der Waals surface area contributed by atoms with Crippen LogP contribution in [-0.2, 0) is 6.42 Å². The van der Waals surface area contributed by atoms with E-state index in [-0.39, 0.29) is 17.2 Å². The van der Waals surface area contributed by atoms with E-state index in [1.54, 1.807) is 30.3 Å². The number of aromatic nitrogens is 1. The Hall–Kier alpha value is -2.63. The van der Waals surface area contributed by atoms with E-state index >= 15 is 0 Å². The minimum atomic E-state index is -0.948. The number of hydrogen-bond acceptors (Lipinski definition) is 4. The first-order valence-corrected chi connectivity index (χ1v) is 7.20. The van der Waals surface area contributed by atoms with Crippen molar-refractivity contribution in [1.82, 2.24) is 10.5 Å². The number of nitrogens with zero attached hydrogens (tertiary/aromatic N) is 1. The second kappa shape index (κ2) is 6.01. The maximum Gasteiger partial charge on any atom is 0.335 e. The lowest BCUT2D eigenvalue weighted by Crippen LogP contribution is -2.25. The van der Waals surface area contributed by atoms with Crippen LogP contribution in [0.2, 0.25) is 0 Å². The first kappa shape index (κ1) is 14.3. The van der Waals surface area contributed by atoms with Crippen molar-refractivity contribution < 1.29 is 19.2 Å². The van der Waals surface area contributed by atoms with Gasteiger partial charge in [-0.15, -0.1) is 0 Å². The van der Waals surface area contributed by atoms with E-state index in [1.165, 1.54) is 0 Å². The Balaban J connectivity index is 1.49. The highest BCUT2D eigenvalue weighted by molar-refractivity contribution is 5.91. The number of carboxylic acid groups (broad SMARTS) is 1. The van der Waals surface area contributed by atoms with Crippen LogP contribution in [-0.4, -0.2) is 28.7 Å². The van der Waals surface area contributed by atoms with E-state index < -0.39 is 5.97 Å². The van der Waals surface area contributed by atoms with E-state index in [1.807, 2.05) is 0 Å². The molecule has 6 nitrogen and oxygen atoms in total. The predicted octanol–water partition coefficient (Wildman–Crippen LogP) is 2.22. The molecule has 1 aliphatic carbocycles. The number of nitrogens with one attached hydrogen (secondary N) is 1. The molecule has 22 heavy (non-hydrogen) atoms. The molecule has 0 spiro atoms. The van der Waals surface area contributed by atoms with E-state index in [4.69, 9.17) is 9.63 Å². The summed E-state index contributed by atoms with van der Waals surface area (Å²) in [7, 11) is 0. The van der Waals surface area contributed by atoms with Gasteiger partial charge in [0.05, 0.1) is 11.3 Å². The third-order valence-electron chi connectivity index (χ3n) is 3.65. The van der Waals surface area contributed by atoms with Gasteiger partial charge >= 0.3 is 5.97 Å². The summed E-state index contributed by atoms with van der Waals surface area (Å²) in [5.41, 5.74) is 2.07. The van der Waals surface area contributed by atoms with Crippen molar-refractivity contribution in [2.45, 2.75) is 25.2 Å². The number of aromatic carboxylic acids is 1. The highest BCUT2D eigenvalue weighted by Gasteiger charge is 2.28. The Morgan fingerprint density at radius 3 is 2.64 bits per heavy atom. The number of benzene rings is 1. The van der Waals surface area contributed by atoms with Gasteiger partial charge in [-0.25, -0.2) is 4.79 Å². The molecule has 2 aromatic rings. The highest BCUT2D eigenvalue weighted by Crippen LogP contribution is 2.39. The first-order valence-electron chi connectivity index (χ1n) is 7.20. The number of carbonyl (C=O) groups excluding carboxylic acids is 1. The summed E-state index contributed by atoms with van der Waals surface area (Å²) in [4.78, 5) is 22.7. The zero-order chi connectivity index (χ0) is 15.5. The van der Waals surface area contributed by atoms with Crippen molar-refractivity contribution in [2.75, 3.05) is 6.54 Å². The fourth-order valence-corrected chi connectivity index (χ4v) is 2.19. The van der Waals surface area contributed by atoms with Crippen LogP contribution in [0.25, 0.3) is 0 Å². The zero-order valence-corrected chi connectivity index (χ0v) is 11.9. The molecule has 0 bridgehead atoms. The van der Waals surface area contributed by atoms with Gasteiger partial charge in [-0.1, -0.05) is 17.3 Å². The minimum absolute atomic E-state index is 0.239. The van der Waals surface area contributed by atoms with Gasteiger partial charge in [0.2, 0.25) is 5.76 Å². The quantitative estimate of drug-likeness (QED) is 0.853. The fourth-order valence-electron chi connectivity index (χ4n) is 2.19. The van der Waals surface area contributed by atoms with Gasteiger partial charge in [-0.3, -0.25) is 4.79 Å². The third-order valence-corrected chi connectivity index (χ3v) is 3.65. The Morgan fingerprint density at radius 1 is 1.27 bits per heavy atom. The van der Waals surface area contributed by atoms with Crippen molar-refractivity contribution >= 4 is 11.9 Å². The highest BCUT2D eigenvalue weighted by atomic mass is 16.5. The summed E-state index contributed by atoms with van der Waals surface area (Å²) in [6.45, 7) is 0.449. The maximum atomic E-state index is 11.9. The van der Waals surface area contributed by atoms with Crippen molar-refractivity contribution in [2.24, 2.45) is 0 Å². The van der Waals surface area contributed by atoms with Gasteiger partial charge in [-0.2, -0.15) is 0 Å². The molecule has 1 amide bonds. The van der Waals surface area contributed by atoms with Crippen LogP contribution < -0.4 is 5.32 Å². The van der Waals surface area contributed by atoms with Crippen molar-refractivity contribution in [3.63, 3.8) is 0 Å². The second-order valence-electron chi connectivity index (χ2n) is 5.40. The van der Waals surface area contributed by atoms with Gasteiger partial charge in [0, 0.05) is 18.5 Å². The van der Waals surface area contributed by atoms with Crippen molar-refractivity contribution in [3.05, 3.63) is 52.9 Å². The number of rotatable bonds is 6. The summed E-state index contributed by atoms with van der Waals surface area (Å²) < 4.78 is 5.05. The molecule has 0 aliphatic heterocycles. The van der Waals surface area contributed by atoms with Gasteiger partial charge in [0.1, 0.15) is 0 Å². The molecule has 114 valence electrons. The molecule has 1 aromatic carbocycles. The average molecular weight is 300 g/mol. The summed E-state index contributed by atoms with van der Waals surface area (Å²) in [6, 6.07) is 8.30. The molecule has 1 saturated carbocycles. The average Bonchev–Trinajstić information content (AvgIpc) is 3.25. The van der Waals surface area contributed by atoms with Gasteiger partial charge < -0.3 is 14.9 Å². The summed E-state index contributed by atoms with van der Waals surface area (Å²) >= 11 is 0. The molecule has 0 unspecified atom stereocenters. The van der Waals surface area contributed by atoms with Gasteiger partial charge in [0.15, 0.2) is 0 Å². The van der Waals surface area contributed by atoms with Crippen LogP contribution in [0.1, 0.15) is 50.9 Å². The summed E-state index contributed by atoms with van der Waals surface area (Å²) in [5, 5.41) is 15.5. The smallest absolute Gasteiger partial charge is 0.335 e. The maximum absolute atomic E-state index is 11.9. The Morgan fingerprint density at radius 2 is 2.00 bits per heavy atom. The topological polar surface area (TPSA) is 92.4 Å². The largest absolute Gasteiger partial charge is 0.478 e. The van der Waals surface area contributed by atoms with E-state index in [2.05, 4.69) is 10.5 Å². The molecule has 0 saturated heterocycles. The van der Waals surface area contributed by atoms with Crippen LogP contribution >= 0.6 is 0 Å². The molecule has 3 rings (SSSR count). The Labute approximate surface area is 127 Å². The van der Waals surface area contributed by atoms with E-state index in [9.17, 15) is 9.59 Å². The molecular weight excluding hydrogens is 284 g/mol. The molecular formula is C16H16N2O4. The molecule has 0 atom stereocenters. The van der Waals surface area contributed by atoms with Crippen molar-refractivity contribution in [1.29, 1.82) is 0 Å². The summed E-state index contributed by atoms with van der Waals surface area (Å²) in [6.07, 6.45) is 2.84. The van der Waals surface area contributed by atoms with Crippen LogP contribution in [0, 0.1) is 0 Å². The lowest BCUT2D eigenvalue weighted by atomic mass is 10.1. The monoisotopic (exact) mass is 300 g/mol. The lowest BCUT2D eigenvalue weighted by molar-refractivity contribution is 0.0696. The predicted molar refractivity (Wildman–Crippen MR) is 77.9 cm³/mol.